The van der Waals surface area contributed by atoms with Crippen LogP contribution in [0.3, 0.4) is 0 Å². The van der Waals surface area contributed by atoms with Gasteiger partial charge in [-0.15, -0.1) is 0 Å². The molecule has 2 aliphatic rings. The third-order valence-corrected chi connectivity index (χ3v) is 4.65. The van der Waals surface area contributed by atoms with Gasteiger partial charge in [-0.1, -0.05) is 6.42 Å². The molecule has 3 heteroatoms. The van der Waals surface area contributed by atoms with Crippen LogP contribution in [0.25, 0.3) is 0 Å². The predicted molar refractivity (Wildman–Crippen MR) is 73.3 cm³/mol. The highest BCUT2D eigenvalue weighted by Crippen LogP contribution is 2.24. The summed E-state index contributed by atoms with van der Waals surface area (Å²) in [5, 5.41) is 7.26. The second-order valence-corrected chi connectivity index (χ2v) is 5.92. The largest absolute Gasteiger partial charge is 0.317 e. The molecule has 0 radical (unpaired) electrons. The van der Waals surface area contributed by atoms with Crippen molar-refractivity contribution in [2.75, 3.05) is 33.7 Å². The first-order valence-corrected chi connectivity index (χ1v) is 7.39. The molecule has 0 aromatic heterocycles. The van der Waals surface area contributed by atoms with E-state index in [1.165, 1.54) is 58.2 Å². The SMILES string of the molecule is CNC(CC1CCCCN1)C1CCN(C)CC1. The Labute approximate surface area is 106 Å². The maximum atomic E-state index is 3.68. The zero-order chi connectivity index (χ0) is 12.1. The fourth-order valence-corrected chi connectivity index (χ4v) is 3.41. The standard InChI is InChI=1S/C14H29N3/c1-15-14(11-13-5-3-4-8-16-13)12-6-9-17(2)10-7-12/h12-16H,3-11H2,1-2H3. The molecule has 0 bridgehead atoms. The Bertz CT molecular complexity index is 206. The minimum atomic E-state index is 0.722. The lowest BCUT2D eigenvalue weighted by molar-refractivity contribution is 0.173. The highest BCUT2D eigenvalue weighted by Gasteiger charge is 2.26. The summed E-state index contributed by atoms with van der Waals surface area (Å²) in [4.78, 5) is 2.46. The number of nitrogens with one attached hydrogen (secondary N) is 2. The van der Waals surface area contributed by atoms with Crippen LogP contribution in [0.5, 0.6) is 0 Å². The molecule has 100 valence electrons. The van der Waals surface area contributed by atoms with Crippen molar-refractivity contribution >= 4 is 0 Å². The molecule has 2 unspecified atom stereocenters. The van der Waals surface area contributed by atoms with Gasteiger partial charge in [0, 0.05) is 12.1 Å². The van der Waals surface area contributed by atoms with Crippen molar-refractivity contribution < 1.29 is 0 Å². The molecule has 0 amide bonds. The summed E-state index contributed by atoms with van der Waals surface area (Å²) < 4.78 is 0. The molecule has 2 aliphatic heterocycles. The number of likely N-dealkylation sites (tertiary alicyclic amines) is 1. The highest BCUT2D eigenvalue weighted by atomic mass is 15.1. The van der Waals surface area contributed by atoms with Crippen molar-refractivity contribution in [3.63, 3.8) is 0 Å². The number of hydrogen-bond donors (Lipinski definition) is 2. The third kappa shape index (κ3) is 3.94. The van der Waals surface area contributed by atoms with E-state index in [1.54, 1.807) is 0 Å². The van der Waals surface area contributed by atoms with Crippen molar-refractivity contribution in [2.24, 2.45) is 5.92 Å². The topological polar surface area (TPSA) is 27.3 Å². The fraction of sp³-hybridized carbons (Fsp3) is 1.00. The maximum Gasteiger partial charge on any atom is 0.0108 e. The average Bonchev–Trinajstić information content (AvgIpc) is 2.38. The number of hydrogen-bond acceptors (Lipinski definition) is 3. The van der Waals surface area contributed by atoms with E-state index in [0.29, 0.717) is 0 Å². The van der Waals surface area contributed by atoms with Gasteiger partial charge in [0.1, 0.15) is 0 Å². The second-order valence-electron chi connectivity index (χ2n) is 5.92. The van der Waals surface area contributed by atoms with Gasteiger partial charge in [-0.3, -0.25) is 0 Å². The fourth-order valence-electron chi connectivity index (χ4n) is 3.41. The normalized spacial score (nSPS) is 30.4. The van der Waals surface area contributed by atoms with Crippen molar-refractivity contribution in [1.82, 2.24) is 15.5 Å². The molecule has 0 aliphatic carbocycles. The first kappa shape index (κ1) is 13.3. The van der Waals surface area contributed by atoms with Gasteiger partial charge in [-0.25, -0.2) is 0 Å². The van der Waals surface area contributed by atoms with Crippen LogP contribution in [0, 0.1) is 5.92 Å². The van der Waals surface area contributed by atoms with Crippen molar-refractivity contribution in [3.05, 3.63) is 0 Å². The van der Waals surface area contributed by atoms with Gasteiger partial charge in [0.15, 0.2) is 0 Å². The minimum absolute atomic E-state index is 0.722. The number of piperidine rings is 2. The molecular weight excluding hydrogens is 210 g/mol. The summed E-state index contributed by atoms with van der Waals surface area (Å²) in [5.74, 6) is 0.889. The lowest BCUT2D eigenvalue weighted by atomic mass is 9.84. The zero-order valence-corrected chi connectivity index (χ0v) is 11.5. The smallest absolute Gasteiger partial charge is 0.0108 e. The molecule has 0 aromatic rings. The summed E-state index contributed by atoms with van der Waals surface area (Å²) in [6, 6.07) is 1.49. The van der Waals surface area contributed by atoms with Gasteiger partial charge < -0.3 is 15.5 Å². The van der Waals surface area contributed by atoms with Crippen molar-refractivity contribution in [3.8, 4) is 0 Å². The van der Waals surface area contributed by atoms with Crippen molar-refractivity contribution in [1.29, 1.82) is 0 Å². The molecule has 2 rings (SSSR count). The summed E-state index contributed by atoms with van der Waals surface area (Å²) in [6.45, 7) is 3.79. The van der Waals surface area contributed by atoms with E-state index in [1.807, 2.05) is 0 Å². The van der Waals surface area contributed by atoms with Crippen LogP contribution in [0.4, 0.5) is 0 Å². The van der Waals surface area contributed by atoms with Gasteiger partial charge in [0.25, 0.3) is 0 Å². The molecule has 2 heterocycles. The predicted octanol–water partition coefficient (Wildman–Crippen LogP) is 1.45. The zero-order valence-electron chi connectivity index (χ0n) is 11.5. The van der Waals surface area contributed by atoms with E-state index < -0.39 is 0 Å². The van der Waals surface area contributed by atoms with E-state index in [-0.39, 0.29) is 0 Å². The molecule has 0 aromatic carbocycles. The van der Waals surface area contributed by atoms with E-state index in [9.17, 15) is 0 Å². The number of rotatable bonds is 4. The molecular formula is C14H29N3. The van der Waals surface area contributed by atoms with Gasteiger partial charge in [-0.2, -0.15) is 0 Å². The minimum Gasteiger partial charge on any atom is -0.317 e. The Kier molecular flexibility index (Phi) is 5.26. The van der Waals surface area contributed by atoms with Crippen LogP contribution < -0.4 is 10.6 Å². The first-order chi connectivity index (χ1) is 8.29. The Balaban J connectivity index is 1.78. The van der Waals surface area contributed by atoms with Crippen LogP contribution in [-0.2, 0) is 0 Å². The molecule has 0 saturated carbocycles. The van der Waals surface area contributed by atoms with Crippen LogP contribution in [0.2, 0.25) is 0 Å². The summed E-state index contributed by atoms with van der Waals surface area (Å²) in [7, 11) is 4.39. The van der Waals surface area contributed by atoms with Gasteiger partial charge in [0.2, 0.25) is 0 Å². The summed E-state index contributed by atoms with van der Waals surface area (Å²) in [6.07, 6.45) is 8.23. The lowest BCUT2D eigenvalue weighted by Crippen LogP contribution is -2.46. The Morgan fingerprint density at radius 2 is 2.00 bits per heavy atom. The molecule has 17 heavy (non-hydrogen) atoms. The van der Waals surface area contributed by atoms with Gasteiger partial charge in [-0.05, 0) is 71.8 Å². The Morgan fingerprint density at radius 3 is 2.59 bits per heavy atom. The van der Waals surface area contributed by atoms with Crippen LogP contribution in [0.15, 0.2) is 0 Å². The highest BCUT2D eigenvalue weighted by molar-refractivity contribution is 4.85. The Hall–Kier alpha value is -0.120. The van der Waals surface area contributed by atoms with Crippen molar-refractivity contribution in [2.45, 2.75) is 50.6 Å². The van der Waals surface area contributed by atoms with Crippen LogP contribution >= 0.6 is 0 Å². The summed E-state index contributed by atoms with van der Waals surface area (Å²) >= 11 is 0. The first-order valence-electron chi connectivity index (χ1n) is 7.39. The number of nitrogens with zero attached hydrogens (tertiary/aromatic N) is 1. The van der Waals surface area contributed by atoms with E-state index in [0.717, 1.165) is 18.0 Å². The molecule has 2 atom stereocenters. The van der Waals surface area contributed by atoms with E-state index >= 15 is 0 Å². The molecule has 3 nitrogen and oxygen atoms in total. The van der Waals surface area contributed by atoms with Crippen LogP contribution in [0.1, 0.15) is 38.5 Å². The quantitative estimate of drug-likeness (QED) is 0.777. The molecule has 0 spiro atoms. The van der Waals surface area contributed by atoms with Gasteiger partial charge in [0.05, 0.1) is 0 Å². The maximum absolute atomic E-state index is 3.68. The molecule has 2 N–H and O–H groups in total. The Morgan fingerprint density at radius 1 is 1.24 bits per heavy atom. The van der Waals surface area contributed by atoms with Gasteiger partial charge >= 0.3 is 0 Å². The molecule has 2 fully saturated rings. The third-order valence-electron chi connectivity index (χ3n) is 4.65. The average molecular weight is 239 g/mol. The summed E-state index contributed by atoms with van der Waals surface area (Å²) in [5.41, 5.74) is 0. The van der Waals surface area contributed by atoms with E-state index in [2.05, 4.69) is 29.6 Å². The van der Waals surface area contributed by atoms with Crippen LogP contribution in [-0.4, -0.2) is 50.7 Å². The monoisotopic (exact) mass is 239 g/mol. The van der Waals surface area contributed by atoms with E-state index in [4.69, 9.17) is 0 Å². The lowest BCUT2D eigenvalue weighted by Gasteiger charge is -2.36. The second kappa shape index (κ2) is 6.72. The molecule has 2 saturated heterocycles.